The molecule has 0 atom stereocenters. The van der Waals surface area contributed by atoms with Crippen LogP contribution in [0.2, 0.25) is 0 Å². The number of carboxylic acid groups (broad SMARTS) is 6. The zero-order chi connectivity index (χ0) is 15.5. The third-order valence-corrected chi connectivity index (χ3v) is 0.500. The summed E-state index contributed by atoms with van der Waals surface area (Å²) in [5.41, 5.74) is 0. The van der Waals surface area contributed by atoms with Gasteiger partial charge in [0.2, 0.25) is 0 Å². The minimum Gasteiger partial charge on any atom is -0.693 e. The Morgan fingerprint density at radius 3 is 0.409 bits per heavy atom. The molecular formula is C6H4N2O12Ti2. The molecule has 0 aliphatic heterocycles. The van der Waals surface area contributed by atoms with Crippen LogP contribution in [0.5, 0.6) is 0 Å². The summed E-state index contributed by atoms with van der Waals surface area (Å²) >= 11 is 0. The van der Waals surface area contributed by atoms with E-state index in [9.17, 15) is 0 Å². The van der Waals surface area contributed by atoms with Crippen LogP contribution in [-0.4, -0.2) is 35.8 Å². The van der Waals surface area contributed by atoms with Crippen molar-refractivity contribution < 1.29 is 103 Å². The van der Waals surface area contributed by atoms with Crippen LogP contribution < -0.4 is 30.6 Å². The van der Waals surface area contributed by atoms with Crippen LogP contribution in [0.4, 0.5) is 0 Å². The molecule has 0 aromatic rings. The smallest absolute Gasteiger partial charge is 0.693 e. The van der Waals surface area contributed by atoms with Gasteiger partial charge in [-0.3, -0.25) is 0 Å². The third kappa shape index (κ3) is 51.8. The maximum atomic E-state index is 8.93. The predicted octanol–water partition coefficient (Wildman–Crippen LogP) is -9.11. The molecule has 14 nitrogen and oxygen atoms in total. The molecule has 4 N–H and O–H groups in total. The van der Waals surface area contributed by atoms with Gasteiger partial charge in [0.25, 0.3) is 0 Å². The van der Waals surface area contributed by atoms with Gasteiger partial charge in [0.05, 0.1) is 35.8 Å². The Morgan fingerprint density at radius 1 is 0.364 bits per heavy atom. The molecule has 0 unspecified atom stereocenters. The molecule has 0 aromatic heterocycles. The molecule has 0 spiro atoms. The van der Waals surface area contributed by atoms with Gasteiger partial charge in [0.15, 0.2) is 0 Å². The molecule has 0 aliphatic rings. The average Bonchev–Trinajstić information content (AvgIpc) is 2.18. The molecular weight excluding hydrogens is 388 g/mol. The third-order valence-electron chi connectivity index (χ3n) is 0.500. The van der Waals surface area contributed by atoms with Crippen molar-refractivity contribution in [2.24, 2.45) is 0 Å². The first-order valence-electron chi connectivity index (χ1n) is 3.20. The molecule has 0 saturated carbocycles. The van der Waals surface area contributed by atoms with E-state index in [2.05, 4.69) is 0 Å². The van der Waals surface area contributed by atoms with Crippen LogP contribution in [-0.2, 0) is 72.2 Å². The second kappa shape index (κ2) is 24.2. The van der Waals surface area contributed by atoms with Gasteiger partial charge >= 0.3 is 43.4 Å². The van der Waals surface area contributed by atoms with Crippen molar-refractivity contribution >= 4 is 35.8 Å². The number of carbonyl (C=O) groups is 6. The van der Waals surface area contributed by atoms with Crippen LogP contribution in [0.25, 0.3) is 12.3 Å². The molecule has 0 heterocycles. The molecule has 0 saturated heterocycles. The Hall–Kier alpha value is -1.83. The molecule has 0 aromatic carbocycles. The molecule has 0 radical (unpaired) electrons. The van der Waals surface area contributed by atoms with E-state index in [1.165, 1.54) is 0 Å². The monoisotopic (exact) mass is 392 g/mol. The van der Waals surface area contributed by atoms with Crippen LogP contribution in [0.1, 0.15) is 0 Å². The van der Waals surface area contributed by atoms with E-state index >= 15 is 0 Å². The van der Waals surface area contributed by atoms with Crippen molar-refractivity contribution in [1.82, 2.24) is 0 Å². The summed E-state index contributed by atoms with van der Waals surface area (Å²) in [7, 11) is 0. The number of hydrogen-bond donors (Lipinski definition) is 0. The summed E-state index contributed by atoms with van der Waals surface area (Å²) in [5, 5.41) is 53.6. The number of hydrogen-bond acceptors (Lipinski definition) is 12. The molecule has 0 bridgehead atoms. The molecule has 22 heavy (non-hydrogen) atoms. The Bertz CT molecular complexity index is 291. The summed E-state index contributed by atoms with van der Waals surface area (Å²) in [6.45, 7) is 0. The molecule has 0 rings (SSSR count). The van der Waals surface area contributed by atoms with Crippen LogP contribution in [0, 0.1) is 0 Å². The molecule has 118 valence electrons. The van der Waals surface area contributed by atoms with E-state index in [1.54, 1.807) is 0 Å². The molecule has 0 amide bonds. The Morgan fingerprint density at radius 2 is 0.409 bits per heavy atom. The first kappa shape index (κ1) is 42.7. The van der Waals surface area contributed by atoms with Gasteiger partial charge in [-0.1, -0.05) is 0 Å². The van der Waals surface area contributed by atoms with E-state index in [0.29, 0.717) is 0 Å². The standard InChI is InChI=1S/3C2H2O4.2H2N.2Ti/c3*3-1(4)2(5)6;;;;/h3*(H,3,4)(H,5,6);2*1H2;;/q;;;2*-1;2*+4/p-6. The van der Waals surface area contributed by atoms with Gasteiger partial charge in [0.1, 0.15) is 0 Å². The topological polar surface area (TPSA) is 308 Å². The van der Waals surface area contributed by atoms with Gasteiger partial charge in [0, 0.05) is 0 Å². The molecule has 16 heteroatoms. The summed E-state index contributed by atoms with van der Waals surface area (Å²) in [6.07, 6.45) is 0. The minimum atomic E-state index is -2.19. The maximum Gasteiger partial charge on any atom is 4.00 e. The normalized spacial score (nSPS) is 6.00. The fourth-order valence-corrected chi connectivity index (χ4v) is 0. The fourth-order valence-electron chi connectivity index (χ4n) is 0. The predicted molar refractivity (Wildman–Crippen MR) is 40.6 cm³/mol. The van der Waals surface area contributed by atoms with Crippen LogP contribution in [0.3, 0.4) is 0 Å². The number of aliphatic carboxylic acids is 6. The number of rotatable bonds is 0. The maximum absolute atomic E-state index is 8.93. The fraction of sp³-hybridized carbons (Fsp3) is 0. The molecule has 0 aliphatic carbocycles. The van der Waals surface area contributed by atoms with Gasteiger partial charge in [-0.25, -0.2) is 0 Å². The van der Waals surface area contributed by atoms with Gasteiger partial charge in [-0.05, 0) is 0 Å². The Labute approximate surface area is 151 Å². The first-order valence-corrected chi connectivity index (χ1v) is 3.20. The second-order valence-electron chi connectivity index (χ2n) is 1.72. The minimum absolute atomic E-state index is 0. The van der Waals surface area contributed by atoms with Gasteiger partial charge in [-0.15, -0.1) is 0 Å². The van der Waals surface area contributed by atoms with Gasteiger partial charge in [-0.2, -0.15) is 0 Å². The first-order chi connectivity index (χ1) is 7.93. The number of carbonyl (C=O) groups excluding carboxylic acids is 6. The van der Waals surface area contributed by atoms with E-state index < -0.39 is 35.8 Å². The van der Waals surface area contributed by atoms with Gasteiger partial charge < -0.3 is 71.7 Å². The van der Waals surface area contributed by atoms with E-state index in [0.717, 1.165) is 0 Å². The average molecular weight is 392 g/mol. The second-order valence-corrected chi connectivity index (χ2v) is 1.72. The van der Waals surface area contributed by atoms with E-state index in [1.807, 2.05) is 0 Å². The summed E-state index contributed by atoms with van der Waals surface area (Å²) < 4.78 is 0. The van der Waals surface area contributed by atoms with Crippen LogP contribution in [0.15, 0.2) is 0 Å². The Balaban J connectivity index is -0.0000000281. The zero-order valence-electron chi connectivity index (χ0n) is 10.1. The van der Waals surface area contributed by atoms with Crippen molar-refractivity contribution in [3.05, 3.63) is 12.3 Å². The summed E-state index contributed by atoms with van der Waals surface area (Å²) in [5.74, 6) is -13.1. The van der Waals surface area contributed by atoms with E-state index in [4.69, 9.17) is 59.4 Å². The zero-order valence-corrected chi connectivity index (χ0v) is 13.2. The summed E-state index contributed by atoms with van der Waals surface area (Å²) in [6, 6.07) is 0. The largest absolute Gasteiger partial charge is 4.00 e. The Kier molecular flexibility index (Phi) is 47.0. The van der Waals surface area contributed by atoms with Crippen molar-refractivity contribution in [3.8, 4) is 0 Å². The van der Waals surface area contributed by atoms with Crippen molar-refractivity contribution in [1.29, 1.82) is 0 Å². The molecule has 0 fully saturated rings. The number of nitrogens with two attached hydrogens (primary N) is 2. The van der Waals surface area contributed by atoms with Crippen molar-refractivity contribution in [2.75, 3.05) is 0 Å². The van der Waals surface area contributed by atoms with Crippen molar-refractivity contribution in [3.63, 3.8) is 0 Å². The number of carboxylic acids is 6. The van der Waals surface area contributed by atoms with Crippen molar-refractivity contribution in [2.45, 2.75) is 0 Å². The quantitative estimate of drug-likeness (QED) is 0.274. The van der Waals surface area contributed by atoms with E-state index in [-0.39, 0.29) is 55.7 Å². The SMILES string of the molecule is O=C([O-])C(=O)[O-].O=C([O-])C(=O)[O-].O=C([O-])C(=O)[O-].[NH2-].[NH2-].[Ti+4].[Ti+4]. The van der Waals surface area contributed by atoms with Crippen LogP contribution >= 0.6 is 0 Å². The summed E-state index contributed by atoms with van der Waals surface area (Å²) in [4.78, 5) is 53.6.